The molecule has 1 heterocycles. The summed E-state index contributed by atoms with van der Waals surface area (Å²) in [5.41, 5.74) is 0. The lowest BCUT2D eigenvalue weighted by atomic mass is 9.99. The van der Waals surface area contributed by atoms with E-state index in [9.17, 15) is 30.0 Å². The molecule has 0 aliphatic carbocycles. The number of aliphatic hydroxyl groups excluding tert-OH is 4. The minimum Gasteiger partial charge on any atom is -0.462 e. The van der Waals surface area contributed by atoms with E-state index in [0.29, 0.717) is 12.8 Å². The van der Waals surface area contributed by atoms with E-state index in [4.69, 9.17) is 18.9 Å². The third-order valence-corrected chi connectivity index (χ3v) is 9.28. The summed E-state index contributed by atoms with van der Waals surface area (Å²) in [7, 11) is 0. The van der Waals surface area contributed by atoms with Crippen LogP contribution >= 0.6 is 0 Å². The van der Waals surface area contributed by atoms with Crippen LogP contribution in [0.1, 0.15) is 142 Å². The topological polar surface area (TPSA) is 152 Å². The first kappa shape index (κ1) is 51.9. The first-order chi connectivity index (χ1) is 27.8. The van der Waals surface area contributed by atoms with Crippen molar-refractivity contribution in [2.45, 2.75) is 179 Å². The van der Waals surface area contributed by atoms with Crippen molar-refractivity contribution >= 4 is 11.9 Å². The molecule has 1 aliphatic rings. The van der Waals surface area contributed by atoms with Gasteiger partial charge in [0.05, 0.1) is 13.2 Å². The summed E-state index contributed by atoms with van der Waals surface area (Å²) in [6.07, 6.45) is 40.3. The molecule has 57 heavy (non-hydrogen) atoms. The van der Waals surface area contributed by atoms with Crippen molar-refractivity contribution in [3.05, 3.63) is 85.1 Å². The largest absolute Gasteiger partial charge is 0.462 e. The maximum atomic E-state index is 12.7. The van der Waals surface area contributed by atoms with E-state index in [-0.39, 0.29) is 26.1 Å². The highest BCUT2D eigenvalue weighted by atomic mass is 16.7. The molecule has 6 atom stereocenters. The van der Waals surface area contributed by atoms with Crippen LogP contribution in [0.3, 0.4) is 0 Å². The molecule has 0 aromatic rings. The van der Waals surface area contributed by atoms with Crippen LogP contribution in [0.5, 0.6) is 0 Å². The molecule has 0 aromatic heterocycles. The highest BCUT2D eigenvalue weighted by molar-refractivity contribution is 5.70. The van der Waals surface area contributed by atoms with Crippen molar-refractivity contribution in [3.63, 3.8) is 0 Å². The Bertz CT molecular complexity index is 1200. The van der Waals surface area contributed by atoms with Crippen molar-refractivity contribution in [1.29, 1.82) is 0 Å². The Morgan fingerprint density at radius 1 is 0.561 bits per heavy atom. The van der Waals surface area contributed by atoms with E-state index in [2.05, 4.69) is 86.8 Å². The summed E-state index contributed by atoms with van der Waals surface area (Å²) in [5.74, 6) is -0.932. The molecule has 0 bridgehead atoms. The number of ether oxygens (including phenoxy) is 4. The first-order valence-electron chi connectivity index (χ1n) is 21.7. The zero-order chi connectivity index (χ0) is 41.6. The lowest BCUT2D eigenvalue weighted by Gasteiger charge is -2.39. The maximum absolute atomic E-state index is 12.7. The second-order valence-corrected chi connectivity index (χ2v) is 14.4. The van der Waals surface area contributed by atoms with Gasteiger partial charge in [-0.2, -0.15) is 0 Å². The number of unbranched alkanes of at least 4 members (excludes halogenated alkanes) is 9. The van der Waals surface area contributed by atoms with E-state index in [1.807, 2.05) is 12.2 Å². The SMILES string of the molecule is CC/C=C/C/C=C/C/C=C/C/C=C/C/C=C/C/C=C/CCC(=O)O[C@H](COC(=O)CCCCC/C=C/CCCCCCCC)CO[C@@H]1O[C@H](CO)[C@H](O)C(O)C1O. The third kappa shape index (κ3) is 28.9. The Kier molecular flexibility index (Phi) is 33.8. The Morgan fingerprint density at radius 3 is 1.63 bits per heavy atom. The van der Waals surface area contributed by atoms with Crippen LogP contribution in [0.15, 0.2) is 85.1 Å². The average molecular weight is 801 g/mol. The minimum atomic E-state index is -1.61. The minimum absolute atomic E-state index is 0.0973. The Hall–Kier alpha value is -3.12. The van der Waals surface area contributed by atoms with Gasteiger partial charge in [-0.1, -0.05) is 137 Å². The molecule has 0 amide bonds. The molecule has 0 aromatic carbocycles. The van der Waals surface area contributed by atoms with E-state index in [1.54, 1.807) is 0 Å². The van der Waals surface area contributed by atoms with Gasteiger partial charge < -0.3 is 39.4 Å². The van der Waals surface area contributed by atoms with Crippen molar-refractivity contribution in [1.82, 2.24) is 0 Å². The van der Waals surface area contributed by atoms with Gasteiger partial charge >= 0.3 is 11.9 Å². The van der Waals surface area contributed by atoms with Crippen LogP contribution in [0, 0.1) is 0 Å². The predicted molar refractivity (Wildman–Crippen MR) is 228 cm³/mol. The van der Waals surface area contributed by atoms with Crippen LogP contribution in [-0.4, -0.2) is 89.0 Å². The molecule has 1 saturated heterocycles. The zero-order valence-electron chi connectivity index (χ0n) is 35.0. The number of hydrogen-bond acceptors (Lipinski definition) is 10. The molecule has 1 fully saturated rings. The molecular weight excluding hydrogens is 725 g/mol. The molecule has 2 unspecified atom stereocenters. The standard InChI is InChI=1S/C47H76O10/c1-3-5-7-9-11-13-15-17-18-19-20-21-22-24-26-28-30-32-34-36-43(50)56-40(39-55-47-46(53)45(52)44(51)41(37-48)57-47)38-54-42(49)35-33-31-29-27-25-23-16-14-12-10-8-6-4-2/h5,7,11,13,17-18,20-21,23-26,30,32,40-41,44-48,51-53H,3-4,6,8-10,12,14-16,19,22,27-29,31,33-39H2,1-2H3/b7-5+,13-11+,18-17+,21-20+,25-23+,26-24+,32-30+/t40-,41-,44+,45?,46?,47-/m1/s1. The van der Waals surface area contributed by atoms with Crippen LogP contribution in [-0.2, 0) is 28.5 Å². The van der Waals surface area contributed by atoms with Gasteiger partial charge in [0.15, 0.2) is 12.4 Å². The Balaban J connectivity index is 2.43. The average Bonchev–Trinajstić information content (AvgIpc) is 3.21. The molecular formula is C47H76O10. The second-order valence-electron chi connectivity index (χ2n) is 14.4. The molecule has 324 valence electrons. The lowest BCUT2D eigenvalue weighted by molar-refractivity contribution is -0.305. The van der Waals surface area contributed by atoms with Crippen molar-refractivity contribution in [3.8, 4) is 0 Å². The van der Waals surface area contributed by atoms with Crippen molar-refractivity contribution in [2.24, 2.45) is 0 Å². The summed E-state index contributed by atoms with van der Waals surface area (Å²) >= 11 is 0. The normalized spacial score (nSPS) is 21.1. The molecule has 1 aliphatic heterocycles. The van der Waals surface area contributed by atoms with E-state index < -0.39 is 55.4 Å². The second kappa shape index (κ2) is 37.2. The predicted octanol–water partition coefficient (Wildman–Crippen LogP) is 8.99. The zero-order valence-corrected chi connectivity index (χ0v) is 35.0. The fraction of sp³-hybridized carbons (Fsp3) is 0.660. The summed E-state index contributed by atoms with van der Waals surface area (Å²) in [6, 6.07) is 0. The molecule has 0 spiro atoms. The molecule has 0 radical (unpaired) electrons. The molecule has 1 rings (SSSR count). The van der Waals surface area contributed by atoms with Gasteiger partial charge in [-0.05, 0) is 77.0 Å². The van der Waals surface area contributed by atoms with Gasteiger partial charge in [0.1, 0.15) is 31.0 Å². The van der Waals surface area contributed by atoms with Gasteiger partial charge in [-0.15, -0.1) is 0 Å². The summed E-state index contributed by atoms with van der Waals surface area (Å²) in [6.45, 7) is 3.18. The van der Waals surface area contributed by atoms with Crippen LogP contribution in [0.4, 0.5) is 0 Å². The lowest BCUT2D eigenvalue weighted by Crippen LogP contribution is -2.59. The molecule has 10 nitrogen and oxygen atoms in total. The number of allylic oxidation sites excluding steroid dienone is 14. The highest BCUT2D eigenvalue weighted by Gasteiger charge is 2.44. The van der Waals surface area contributed by atoms with Crippen molar-refractivity contribution < 1.29 is 49.0 Å². The van der Waals surface area contributed by atoms with Gasteiger partial charge in [0.2, 0.25) is 0 Å². The van der Waals surface area contributed by atoms with Crippen LogP contribution in [0.25, 0.3) is 0 Å². The smallest absolute Gasteiger partial charge is 0.306 e. The number of esters is 2. The van der Waals surface area contributed by atoms with E-state index in [0.717, 1.165) is 64.2 Å². The first-order valence-corrected chi connectivity index (χ1v) is 21.7. The number of aliphatic hydroxyl groups is 4. The van der Waals surface area contributed by atoms with Gasteiger partial charge in [-0.3, -0.25) is 9.59 Å². The molecule has 10 heteroatoms. The molecule has 0 saturated carbocycles. The fourth-order valence-electron chi connectivity index (χ4n) is 5.85. The van der Waals surface area contributed by atoms with E-state index in [1.165, 1.54) is 38.5 Å². The molecule has 4 N–H and O–H groups in total. The monoisotopic (exact) mass is 801 g/mol. The highest BCUT2D eigenvalue weighted by Crippen LogP contribution is 2.22. The Morgan fingerprint density at radius 2 is 1.07 bits per heavy atom. The van der Waals surface area contributed by atoms with Gasteiger partial charge in [-0.25, -0.2) is 0 Å². The fourth-order valence-corrected chi connectivity index (χ4v) is 5.85. The van der Waals surface area contributed by atoms with Crippen LogP contribution in [0.2, 0.25) is 0 Å². The number of rotatable bonds is 34. The number of carbonyl (C=O) groups is 2. The van der Waals surface area contributed by atoms with Crippen LogP contribution < -0.4 is 0 Å². The van der Waals surface area contributed by atoms with Gasteiger partial charge in [0, 0.05) is 12.8 Å². The number of hydrogen-bond donors (Lipinski definition) is 4. The summed E-state index contributed by atoms with van der Waals surface area (Å²) in [4.78, 5) is 25.2. The summed E-state index contributed by atoms with van der Waals surface area (Å²) < 4.78 is 22.0. The van der Waals surface area contributed by atoms with Crippen molar-refractivity contribution in [2.75, 3.05) is 19.8 Å². The maximum Gasteiger partial charge on any atom is 0.306 e. The van der Waals surface area contributed by atoms with E-state index >= 15 is 0 Å². The quantitative estimate of drug-likeness (QED) is 0.0282. The number of carbonyl (C=O) groups excluding carboxylic acids is 2. The Labute approximate surface area is 344 Å². The van der Waals surface area contributed by atoms with Gasteiger partial charge in [0.25, 0.3) is 0 Å². The summed E-state index contributed by atoms with van der Waals surface area (Å²) in [5, 5.41) is 40.0. The third-order valence-electron chi connectivity index (χ3n) is 9.28.